The monoisotopic (exact) mass is 495 g/mol. The first-order valence-corrected chi connectivity index (χ1v) is 13.0. The topological polar surface area (TPSA) is 92.4 Å². The molecule has 0 bridgehead atoms. The van der Waals surface area contributed by atoms with Crippen molar-refractivity contribution >= 4 is 12.2 Å². The molecule has 1 aromatic rings. The summed E-state index contributed by atoms with van der Waals surface area (Å²) >= 11 is 0. The number of fused-ring (bicyclic) bond motifs is 1. The zero-order chi connectivity index (χ0) is 25.7. The van der Waals surface area contributed by atoms with Crippen molar-refractivity contribution in [2.75, 3.05) is 40.0 Å². The first-order valence-electron chi connectivity index (χ1n) is 13.0. The summed E-state index contributed by atoms with van der Waals surface area (Å²) in [6.45, 7) is 12.8. The molecule has 3 heterocycles. The Morgan fingerprint density at radius 2 is 2.00 bits per heavy atom. The number of methoxy groups -OCH3 is 1. The number of aliphatic imine (C=N–C) groups is 1. The third-order valence-electron chi connectivity index (χ3n) is 7.79. The van der Waals surface area contributed by atoms with Gasteiger partial charge in [0.2, 0.25) is 0 Å². The second kappa shape index (κ2) is 12.0. The third kappa shape index (κ3) is 5.99. The van der Waals surface area contributed by atoms with E-state index in [9.17, 15) is 4.79 Å². The molecule has 196 valence electrons. The fourth-order valence-electron chi connectivity index (χ4n) is 5.51. The van der Waals surface area contributed by atoms with Crippen LogP contribution in [-0.4, -0.2) is 80.2 Å². The van der Waals surface area contributed by atoms with Crippen LogP contribution in [-0.2, 0) is 27.2 Å². The van der Waals surface area contributed by atoms with Gasteiger partial charge in [0, 0.05) is 63.2 Å². The Balaban J connectivity index is 1.40. The van der Waals surface area contributed by atoms with Crippen molar-refractivity contribution in [1.82, 2.24) is 15.1 Å². The van der Waals surface area contributed by atoms with E-state index in [4.69, 9.17) is 15.2 Å². The van der Waals surface area contributed by atoms with Crippen molar-refractivity contribution in [3.63, 3.8) is 0 Å². The molecule has 3 N–H and O–H groups in total. The van der Waals surface area contributed by atoms with Gasteiger partial charge in [-0.05, 0) is 50.7 Å². The normalized spacial score (nSPS) is 24.0. The molecule has 0 radical (unpaired) electrons. The van der Waals surface area contributed by atoms with Crippen LogP contribution in [0.15, 0.2) is 46.7 Å². The van der Waals surface area contributed by atoms with E-state index >= 15 is 0 Å². The Morgan fingerprint density at radius 3 is 2.72 bits per heavy atom. The lowest BCUT2D eigenvalue weighted by Crippen LogP contribution is -2.54. The highest BCUT2D eigenvalue weighted by molar-refractivity contribution is 5.95. The van der Waals surface area contributed by atoms with Crippen LogP contribution < -0.4 is 11.1 Å². The minimum absolute atomic E-state index is 0.0752. The second-order valence-corrected chi connectivity index (χ2v) is 10.1. The molecular formula is C28H41N5O3. The lowest BCUT2D eigenvalue weighted by Gasteiger charge is -2.38. The van der Waals surface area contributed by atoms with Crippen LogP contribution in [0.5, 0.6) is 0 Å². The summed E-state index contributed by atoms with van der Waals surface area (Å²) in [5, 5.41) is 3.74. The molecule has 0 saturated carbocycles. The van der Waals surface area contributed by atoms with Gasteiger partial charge < -0.3 is 30.3 Å². The zero-order valence-corrected chi connectivity index (χ0v) is 22.0. The zero-order valence-electron chi connectivity index (χ0n) is 22.0. The highest BCUT2D eigenvalue weighted by Crippen LogP contribution is 2.28. The maximum Gasteiger partial charge on any atom is 0.272 e. The molecule has 0 spiro atoms. The minimum atomic E-state index is -0.0807. The summed E-state index contributed by atoms with van der Waals surface area (Å²) < 4.78 is 11.1. The largest absolute Gasteiger partial charge is 0.390 e. The Hall–Kier alpha value is -2.68. The summed E-state index contributed by atoms with van der Waals surface area (Å²) in [6, 6.07) is 7.27. The molecule has 1 aromatic carbocycles. The Labute approximate surface area is 215 Å². The first kappa shape index (κ1) is 26.4. The van der Waals surface area contributed by atoms with Crippen LogP contribution in [0, 0.1) is 6.92 Å². The van der Waals surface area contributed by atoms with E-state index in [-0.39, 0.29) is 18.1 Å². The van der Waals surface area contributed by atoms with Gasteiger partial charge in [-0.3, -0.25) is 4.79 Å². The van der Waals surface area contributed by atoms with E-state index in [1.165, 1.54) is 23.0 Å². The van der Waals surface area contributed by atoms with Crippen LogP contribution in [0.4, 0.5) is 0 Å². The number of carbonyl (C=O) groups is 1. The molecule has 2 saturated heterocycles. The number of carbonyl (C=O) groups excluding carboxylic acids is 1. The van der Waals surface area contributed by atoms with Crippen molar-refractivity contribution < 1.29 is 14.3 Å². The van der Waals surface area contributed by atoms with Crippen LogP contribution in [0.3, 0.4) is 0 Å². The molecule has 0 aliphatic carbocycles. The Morgan fingerprint density at radius 1 is 1.22 bits per heavy atom. The van der Waals surface area contributed by atoms with Gasteiger partial charge in [0.15, 0.2) is 0 Å². The highest BCUT2D eigenvalue weighted by atomic mass is 16.5. The number of allylic oxidation sites excluding steroid dienone is 1. The highest BCUT2D eigenvalue weighted by Gasteiger charge is 2.31. The lowest BCUT2D eigenvalue weighted by atomic mass is 9.96. The molecule has 1 amide bonds. The molecular weight excluding hydrogens is 454 g/mol. The predicted octanol–water partition coefficient (Wildman–Crippen LogP) is 2.51. The molecule has 0 aromatic heterocycles. The van der Waals surface area contributed by atoms with Crippen LogP contribution in [0.2, 0.25) is 0 Å². The van der Waals surface area contributed by atoms with Crippen LogP contribution in [0.25, 0.3) is 0 Å². The summed E-state index contributed by atoms with van der Waals surface area (Å²) in [4.78, 5) is 22.0. The number of nitrogens with one attached hydrogen (secondary N) is 1. The first-order chi connectivity index (χ1) is 17.4. The smallest absolute Gasteiger partial charge is 0.272 e. The van der Waals surface area contributed by atoms with Gasteiger partial charge >= 0.3 is 0 Å². The summed E-state index contributed by atoms with van der Waals surface area (Å²) in [6.07, 6.45) is 4.97. The number of piperidine rings is 1. The number of nitrogens with zero attached hydrogens (tertiary/aromatic N) is 3. The van der Waals surface area contributed by atoms with Gasteiger partial charge in [0.1, 0.15) is 5.70 Å². The SMILES string of the molecule is C=C(/C(C)=C(\N=C/N)C(=O)N1CCC(NC2CCOCC2OC)CC1)N1CCc2ccc(C)cc2C1. The molecule has 8 heteroatoms. The van der Waals surface area contributed by atoms with Gasteiger partial charge in [-0.25, -0.2) is 4.99 Å². The molecule has 3 aliphatic heterocycles. The molecule has 2 atom stereocenters. The summed E-state index contributed by atoms with van der Waals surface area (Å²) in [5.41, 5.74) is 11.6. The molecule has 2 unspecified atom stereocenters. The van der Waals surface area contributed by atoms with E-state index in [2.05, 4.69) is 46.9 Å². The average Bonchev–Trinajstić information content (AvgIpc) is 2.91. The number of ether oxygens (including phenoxy) is 2. The molecule has 8 nitrogen and oxygen atoms in total. The number of hydrogen-bond acceptors (Lipinski definition) is 6. The maximum atomic E-state index is 13.5. The summed E-state index contributed by atoms with van der Waals surface area (Å²) in [5.74, 6) is -0.0807. The van der Waals surface area contributed by atoms with E-state index in [0.717, 1.165) is 56.6 Å². The number of aryl methyl sites for hydroxylation is 1. The van der Waals surface area contributed by atoms with Gasteiger partial charge in [-0.1, -0.05) is 30.3 Å². The average molecular weight is 496 g/mol. The van der Waals surface area contributed by atoms with E-state index < -0.39 is 0 Å². The Bertz CT molecular complexity index is 1010. The van der Waals surface area contributed by atoms with E-state index in [0.29, 0.717) is 31.4 Å². The van der Waals surface area contributed by atoms with Crippen molar-refractivity contribution in [3.8, 4) is 0 Å². The number of likely N-dealkylation sites (tertiary alicyclic amines) is 1. The van der Waals surface area contributed by atoms with Crippen molar-refractivity contribution in [1.29, 1.82) is 0 Å². The van der Waals surface area contributed by atoms with Crippen LogP contribution >= 0.6 is 0 Å². The third-order valence-corrected chi connectivity index (χ3v) is 7.79. The van der Waals surface area contributed by atoms with E-state index in [1.54, 1.807) is 7.11 Å². The molecule has 3 aliphatic rings. The maximum absolute atomic E-state index is 13.5. The molecule has 36 heavy (non-hydrogen) atoms. The number of hydrogen-bond donors (Lipinski definition) is 2. The van der Waals surface area contributed by atoms with Crippen molar-refractivity contribution in [2.45, 2.75) is 64.3 Å². The molecule has 4 rings (SSSR count). The van der Waals surface area contributed by atoms with Gasteiger partial charge in [-0.2, -0.15) is 0 Å². The van der Waals surface area contributed by atoms with Crippen LogP contribution in [0.1, 0.15) is 42.9 Å². The van der Waals surface area contributed by atoms with Crippen molar-refractivity contribution in [2.24, 2.45) is 10.7 Å². The van der Waals surface area contributed by atoms with E-state index in [1.807, 2.05) is 11.8 Å². The van der Waals surface area contributed by atoms with Crippen molar-refractivity contribution in [3.05, 3.63) is 58.4 Å². The van der Waals surface area contributed by atoms with Gasteiger partial charge in [0.25, 0.3) is 5.91 Å². The minimum Gasteiger partial charge on any atom is -0.390 e. The fourth-order valence-corrected chi connectivity index (χ4v) is 5.51. The number of nitrogens with two attached hydrogens (primary N) is 1. The number of rotatable bonds is 7. The van der Waals surface area contributed by atoms with Gasteiger partial charge in [-0.15, -0.1) is 0 Å². The quantitative estimate of drug-likeness (QED) is 0.261. The second-order valence-electron chi connectivity index (χ2n) is 10.1. The summed E-state index contributed by atoms with van der Waals surface area (Å²) in [7, 11) is 1.74. The Kier molecular flexibility index (Phi) is 8.82. The fraction of sp³-hybridized carbons (Fsp3) is 0.571. The lowest BCUT2D eigenvalue weighted by molar-refractivity contribution is -0.128. The standard InChI is InChI=1S/C28H41N5O3/c1-19-5-6-22-7-11-33(16-23(22)15-19)21(3)20(2)27(30-18-29)28(34)32-12-8-24(9-13-32)31-25-10-14-36-17-26(25)35-4/h5-6,15,18,24-26,31H,3,7-14,16-17H2,1-2,4H3,(H2,29,30)/b27-20-. The number of amides is 1. The molecule has 2 fully saturated rings. The number of benzene rings is 1. The predicted molar refractivity (Wildman–Crippen MR) is 143 cm³/mol. The van der Waals surface area contributed by atoms with Gasteiger partial charge in [0.05, 0.1) is 19.0 Å².